The molecule has 2 aliphatic rings. The predicted molar refractivity (Wildman–Crippen MR) is 133 cm³/mol. The van der Waals surface area contributed by atoms with E-state index in [0.29, 0.717) is 27.9 Å². The van der Waals surface area contributed by atoms with Crippen LogP contribution in [-0.4, -0.2) is 65.1 Å². The highest BCUT2D eigenvalue weighted by molar-refractivity contribution is 7.91. The molecular weight excluding hydrogens is 531 g/mol. The molecule has 0 bridgehead atoms. The summed E-state index contributed by atoms with van der Waals surface area (Å²) in [6, 6.07) is 5.48. The van der Waals surface area contributed by atoms with Crippen molar-refractivity contribution in [3.05, 3.63) is 52.9 Å². The number of hydrogen-bond acceptors (Lipinski definition) is 6. The number of amides is 1. The van der Waals surface area contributed by atoms with Gasteiger partial charge in [0.25, 0.3) is 0 Å². The molecule has 37 heavy (non-hydrogen) atoms. The number of aryl methyl sites for hydroxylation is 1. The number of rotatable bonds is 5. The molecule has 0 unspecified atom stereocenters. The van der Waals surface area contributed by atoms with Crippen molar-refractivity contribution in [2.75, 3.05) is 30.0 Å². The first kappa shape index (κ1) is 25.8. The number of nitrogens with zero attached hydrogens (tertiary/aromatic N) is 5. The second kappa shape index (κ2) is 9.46. The normalized spacial score (nSPS) is 20.1. The Hall–Kier alpha value is -2.86. The highest BCUT2D eigenvalue weighted by Crippen LogP contribution is 2.40. The third-order valence-corrected chi connectivity index (χ3v) is 9.04. The summed E-state index contributed by atoms with van der Waals surface area (Å²) in [7, 11) is -2.11. The molecule has 13 heteroatoms. The molecule has 0 N–H and O–H groups in total. The molecule has 2 atom stereocenters. The summed E-state index contributed by atoms with van der Waals surface area (Å²) >= 11 is 6.04. The number of alkyl halides is 3. The number of sulfone groups is 1. The number of fused-ring (bicyclic) bond motifs is 3. The topological polar surface area (TPSA) is 87.9 Å². The Kier molecular flexibility index (Phi) is 6.59. The van der Waals surface area contributed by atoms with Gasteiger partial charge in [-0.1, -0.05) is 23.7 Å². The summed E-state index contributed by atoms with van der Waals surface area (Å²) in [5.74, 6) is -1.39. The number of carbonyl (C=O) groups is 1. The summed E-state index contributed by atoms with van der Waals surface area (Å²) in [6.07, 6.45) is -1.37. The molecular formula is C24H25ClF3N5O3S. The summed E-state index contributed by atoms with van der Waals surface area (Å²) in [4.78, 5) is 19.8. The van der Waals surface area contributed by atoms with Gasteiger partial charge in [-0.05, 0) is 42.9 Å². The molecule has 0 spiro atoms. The highest BCUT2D eigenvalue weighted by atomic mass is 35.5. The fourth-order valence-electron chi connectivity index (χ4n) is 5.23. The second-order valence-electron chi connectivity index (χ2n) is 9.60. The summed E-state index contributed by atoms with van der Waals surface area (Å²) in [5, 5.41) is 4.62. The van der Waals surface area contributed by atoms with Crippen LogP contribution >= 0.6 is 11.6 Å². The average Bonchev–Trinajstić information content (AvgIpc) is 3.38. The standard InChI is InChI=1S/C24H25ClF3N5O3S/c1-31(22(34)11-15-8-10-37(35,36)14-15)23(24(26,27)28)16-4-6-17(7-5-16)32-9-2-3-18-19(32)13-29-21-12-20(25)30-33(18)21/h4-7,12-13,15,23H,2-3,8-11,14H2,1H3/t15-,23+/m1/s1. The van der Waals surface area contributed by atoms with Crippen LogP contribution in [-0.2, 0) is 21.1 Å². The molecule has 4 heterocycles. The Morgan fingerprint density at radius 3 is 2.65 bits per heavy atom. The van der Waals surface area contributed by atoms with Gasteiger partial charge in [0.05, 0.1) is 29.1 Å². The Labute approximate surface area is 216 Å². The van der Waals surface area contributed by atoms with E-state index in [-0.39, 0.29) is 29.9 Å². The fourth-order valence-corrected chi connectivity index (χ4v) is 7.27. The largest absolute Gasteiger partial charge is 0.413 e. The molecule has 0 saturated carbocycles. The fraction of sp³-hybridized carbons (Fsp3) is 0.458. The lowest BCUT2D eigenvalue weighted by Crippen LogP contribution is -2.40. The van der Waals surface area contributed by atoms with Gasteiger partial charge in [0.1, 0.15) is 0 Å². The quantitative estimate of drug-likeness (QED) is 0.465. The van der Waals surface area contributed by atoms with E-state index >= 15 is 0 Å². The van der Waals surface area contributed by atoms with Crippen LogP contribution in [0.4, 0.5) is 24.5 Å². The van der Waals surface area contributed by atoms with Crippen molar-refractivity contribution in [1.29, 1.82) is 0 Å². The molecule has 1 saturated heterocycles. The Morgan fingerprint density at radius 2 is 2.00 bits per heavy atom. The first-order chi connectivity index (χ1) is 17.4. The van der Waals surface area contributed by atoms with Crippen LogP contribution in [0.2, 0.25) is 5.15 Å². The lowest BCUT2D eigenvalue weighted by molar-refractivity contribution is -0.189. The maximum Gasteiger partial charge on any atom is 0.413 e. The van der Waals surface area contributed by atoms with Crippen LogP contribution in [0.25, 0.3) is 5.65 Å². The lowest BCUT2D eigenvalue weighted by Gasteiger charge is -2.33. The molecule has 198 valence electrons. The molecule has 2 aliphatic heterocycles. The Morgan fingerprint density at radius 1 is 1.27 bits per heavy atom. The van der Waals surface area contributed by atoms with Gasteiger partial charge in [0.15, 0.2) is 26.7 Å². The first-order valence-electron chi connectivity index (χ1n) is 11.9. The molecule has 3 aromatic rings. The van der Waals surface area contributed by atoms with Gasteiger partial charge < -0.3 is 9.80 Å². The zero-order valence-corrected chi connectivity index (χ0v) is 21.5. The maximum atomic E-state index is 14.1. The van der Waals surface area contributed by atoms with Gasteiger partial charge in [-0.15, -0.1) is 0 Å². The Bertz CT molecular complexity index is 1440. The van der Waals surface area contributed by atoms with Crippen LogP contribution in [0.5, 0.6) is 0 Å². The number of benzene rings is 1. The van der Waals surface area contributed by atoms with Crippen molar-refractivity contribution < 1.29 is 26.4 Å². The van der Waals surface area contributed by atoms with Gasteiger partial charge >= 0.3 is 6.18 Å². The third-order valence-electron chi connectivity index (χ3n) is 7.02. The van der Waals surface area contributed by atoms with E-state index in [1.165, 1.54) is 12.1 Å². The molecule has 8 nitrogen and oxygen atoms in total. The summed E-state index contributed by atoms with van der Waals surface area (Å²) in [6.45, 7) is 0.653. The number of aromatic nitrogens is 3. The van der Waals surface area contributed by atoms with E-state index in [1.807, 2.05) is 4.90 Å². The van der Waals surface area contributed by atoms with E-state index in [2.05, 4.69) is 10.1 Å². The smallest absolute Gasteiger partial charge is 0.339 e. The highest BCUT2D eigenvalue weighted by Gasteiger charge is 2.45. The lowest BCUT2D eigenvalue weighted by atomic mass is 10.0. The van der Waals surface area contributed by atoms with Crippen molar-refractivity contribution >= 4 is 44.4 Å². The van der Waals surface area contributed by atoms with Crippen molar-refractivity contribution in [2.24, 2.45) is 5.92 Å². The van der Waals surface area contributed by atoms with E-state index in [0.717, 1.165) is 31.3 Å². The maximum absolute atomic E-state index is 14.1. The van der Waals surface area contributed by atoms with Gasteiger partial charge in [-0.25, -0.2) is 17.9 Å². The van der Waals surface area contributed by atoms with Gasteiger partial charge in [-0.3, -0.25) is 4.79 Å². The van der Waals surface area contributed by atoms with E-state index in [1.54, 1.807) is 28.9 Å². The summed E-state index contributed by atoms with van der Waals surface area (Å²) < 4.78 is 67.4. The molecule has 5 rings (SSSR count). The molecule has 1 amide bonds. The number of anilines is 2. The Balaban J connectivity index is 1.39. The van der Waals surface area contributed by atoms with Gasteiger partial charge in [-0.2, -0.15) is 18.3 Å². The van der Waals surface area contributed by atoms with Crippen LogP contribution in [0.3, 0.4) is 0 Å². The predicted octanol–water partition coefficient (Wildman–Crippen LogP) is 4.35. The van der Waals surface area contributed by atoms with E-state index in [4.69, 9.17) is 11.6 Å². The van der Waals surface area contributed by atoms with Crippen LogP contribution in [0.1, 0.15) is 36.6 Å². The summed E-state index contributed by atoms with van der Waals surface area (Å²) in [5.41, 5.74) is 2.96. The minimum Gasteiger partial charge on any atom is -0.339 e. The van der Waals surface area contributed by atoms with Gasteiger partial charge in [0, 0.05) is 31.8 Å². The van der Waals surface area contributed by atoms with Crippen molar-refractivity contribution in [2.45, 2.75) is 37.9 Å². The average molecular weight is 556 g/mol. The van der Waals surface area contributed by atoms with E-state index in [9.17, 15) is 26.4 Å². The zero-order valence-electron chi connectivity index (χ0n) is 19.9. The monoisotopic (exact) mass is 555 g/mol. The van der Waals surface area contributed by atoms with Crippen molar-refractivity contribution in [1.82, 2.24) is 19.5 Å². The first-order valence-corrected chi connectivity index (χ1v) is 14.1. The molecule has 0 aliphatic carbocycles. The van der Waals surface area contributed by atoms with E-state index < -0.39 is 33.9 Å². The minimum atomic E-state index is -4.71. The van der Waals surface area contributed by atoms with Gasteiger partial charge in [0.2, 0.25) is 5.91 Å². The van der Waals surface area contributed by atoms with Crippen LogP contribution in [0, 0.1) is 5.92 Å². The molecule has 1 aromatic carbocycles. The van der Waals surface area contributed by atoms with Crippen molar-refractivity contribution in [3.63, 3.8) is 0 Å². The van der Waals surface area contributed by atoms with Crippen LogP contribution in [0.15, 0.2) is 36.5 Å². The number of hydrogen-bond donors (Lipinski definition) is 0. The molecule has 0 radical (unpaired) electrons. The third kappa shape index (κ3) is 5.13. The number of halogens is 4. The second-order valence-corrected chi connectivity index (χ2v) is 12.2. The minimum absolute atomic E-state index is 0.0348. The number of carbonyl (C=O) groups excluding carboxylic acids is 1. The zero-order chi connectivity index (χ0) is 26.5. The van der Waals surface area contributed by atoms with Crippen LogP contribution < -0.4 is 4.90 Å². The van der Waals surface area contributed by atoms with Crippen molar-refractivity contribution in [3.8, 4) is 0 Å². The SMILES string of the molecule is CN(C(=O)C[C@H]1CCS(=O)(=O)C1)[C@@H](c1ccc(N2CCCc3c2cnc2cc(Cl)nn32)cc1)C(F)(F)F. The molecule has 1 fully saturated rings. The molecule has 2 aromatic heterocycles.